The first-order valence-corrected chi connectivity index (χ1v) is 6.24. The molecule has 0 aliphatic carbocycles. The van der Waals surface area contributed by atoms with Crippen molar-refractivity contribution in [3.63, 3.8) is 0 Å². The van der Waals surface area contributed by atoms with Gasteiger partial charge < -0.3 is 9.90 Å². The van der Waals surface area contributed by atoms with Crippen LogP contribution in [0.25, 0.3) is 0 Å². The zero-order valence-corrected chi connectivity index (χ0v) is 14.7. The fourth-order valence-electron chi connectivity index (χ4n) is 1.85. The second-order valence-corrected chi connectivity index (χ2v) is 5.08. The first-order chi connectivity index (χ1) is 8.34. The molecule has 1 rings (SSSR count). The third kappa shape index (κ3) is 4.75. The molecule has 0 amide bonds. The van der Waals surface area contributed by atoms with Gasteiger partial charge in [-0.3, -0.25) is 4.99 Å². The first-order valence-electron chi connectivity index (χ1n) is 6.24. The molecule has 0 bridgehead atoms. The van der Waals surface area contributed by atoms with Gasteiger partial charge >= 0.3 is 29.6 Å². The maximum absolute atomic E-state index is 10.8. The van der Waals surface area contributed by atoms with E-state index in [9.17, 15) is 9.90 Å². The minimum absolute atomic E-state index is 0. The van der Waals surface area contributed by atoms with E-state index in [0.29, 0.717) is 11.8 Å². The number of para-hydroxylation sites is 1. The summed E-state index contributed by atoms with van der Waals surface area (Å²) in [6.07, 6.45) is 0. The van der Waals surface area contributed by atoms with Crippen LogP contribution in [-0.4, -0.2) is 11.7 Å². The predicted molar refractivity (Wildman–Crippen MR) is 72.4 cm³/mol. The van der Waals surface area contributed by atoms with E-state index in [4.69, 9.17) is 0 Å². The first kappa shape index (κ1) is 18.4. The molecule has 98 valence electrons. The molecule has 0 aromatic heterocycles. The third-order valence-corrected chi connectivity index (χ3v) is 2.92. The molecule has 0 N–H and O–H groups in total. The fourth-order valence-corrected chi connectivity index (χ4v) is 1.85. The van der Waals surface area contributed by atoms with Gasteiger partial charge in [-0.25, -0.2) is 0 Å². The van der Waals surface area contributed by atoms with E-state index < -0.39 is 5.97 Å². The molecule has 0 unspecified atom stereocenters. The largest absolute Gasteiger partial charge is 1.00 e. The molecule has 0 saturated carbocycles. The molecule has 0 radical (unpaired) electrons. The molecule has 0 heterocycles. The van der Waals surface area contributed by atoms with E-state index in [-0.39, 0.29) is 35.3 Å². The van der Waals surface area contributed by atoms with Crippen molar-refractivity contribution in [3.05, 3.63) is 29.3 Å². The van der Waals surface area contributed by atoms with Crippen molar-refractivity contribution in [2.75, 3.05) is 0 Å². The van der Waals surface area contributed by atoms with Gasteiger partial charge in [0.15, 0.2) is 0 Å². The Labute approximate surface area is 137 Å². The van der Waals surface area contributed by atoms with E-state index >= 15 is 0 Å². The van der Waals surface area contributed by atoms with Gasteiger partial charge in [-0.15, -0.1) is 0 Å². The van der Waals surface area contributed by atoms with Gasteiger partial charge in [-0.2, -0.15) is 0 Å². The fraction of sp³-hybridized carbons (Fsp3) is 0.467. The number of carbonyl (C=O) groups is 1. The Balaban J connectivity index is 0.00000324. The average Bonchev–Trinajstić information content (AvgIpc) is 2.28. The zero-order chi connectivity index (χ0) is 13.9. The molecule has 3 nitrogen and oxygen atoms in total. The van der Waals surface area contributed by atoms with Crippen LogP contribution < -0.4 is 34.7 Å². The van der Waals surface area contributed by atoms with Crippen LogP contribution in [0.4, 0.5) is 5.69 Å². The maximum Gasteiger partial charge on any atom is 1.00 e. The second kappa shape index (κ2) is 7.83. The summed E-state index contributed by atoms with van der Waals surface area (Å²) < 4.78 is 0. The van der Waals surface area contributed by atoms with Crippen molar-refractivity contribution in [1.82, 2.24) is 0 Å². The number of rotatable bonds is 4. The van der Waals surface area contributed by atoms with E-state index in [1.807, 2.05) is 18.2 Å². The van der Waals surface area contributed by atoms with Gasteiger partial charge in [0.05, 0.1) is 17.4 Å². The second-order valence-electron chi connectivity index (χ2n) is 5.08. The van der Waals surface area contributed by atoms with Crippen molar-refractivity contribution in [2.24, 2.45) is 4.99 Å². The number of hydrogen-bond donors (Lipinski definition) is 0. The summed E-state index contributed by atoms with van der Waals surface area (Å²) in [7, 11) is 0. The van der Waals surface area contributed by atoms with E-state index in [0.717, 1.165) is 16.8 Å². The Kier molecular flexibility index (Phi) is 7.57. The summed E-state index contributed by atoms with van der Waals surface area (Å²) in [5, 5.41) is 10.8. The normalized spacial score (nSPS) is 11.6. The van der Waals surface area contributed by atoms with Crippen molar-refractivity contribution in [3.8, 4) is 0 Å². The molecular weight excluding hydrogens is 249 g/mol. The molecule has 4 heteroatoms. The quantitative estimate of drug-likeness (QED) is 0.560. The van der Waals surface area contributed by atoms with Crippen LogP contribution >= 0.6 is 0 Å². The number of hydrogen-bond acceptors (Lipinski definition) is 3. The average molecular weight is 269 g/mol. The van der Waals surface area contributed by atoms with Gasteiger partial charge in [0.2, 0.25) is 0 Å². The molecule has 1 aromatic rings. The van der Waals surface area contributed by atoms with Crippen LogP contribution in [0.2, 0.25) is 0 Å². The molecular formula is C15H20NNaO2. The number of carbonyl (C=O) groups excluding carboxylic acids is 1. The smallest absolute Gasteiger partial charge is 0.543 e. The maximum atomic E-state index is 10.8. The van der Waals surface area contributed by atoms with E-state index in [1.54, 1.807) is 0 Å². The summed E-state index contributed by atoms with van der Waals surface area (Å²) >= 11 is 0. The van der Waals surface area contributed by atoms with Crippen molar-refractivity contribution < 1.29 is 39.5 Å². The summed E-state index contributed by atoms with van der Waals surface area (Å²) in [6, 6.07) is 5.99. The summed E-state index contributed by atoms with van der Waals surface area (Å²) in [5.41, 5.74) is 2.94. The van der Waals surface area contributed by atoms with Gasteiger partial charge in [0.1, 0.15) is 0 Å². The molecule has 0 spiro atoms. The molecule has 0 saturated heterocycles. The number of aliphatic imine (C=N–C) groups is 1. The monoisotopic (exact) mass is 269 g/mol. The van der Waals surface area contributed by atoms with Gasteiger partial charge in [-0.05, 0) is 29.9 Å². The van der Waals surface area contributed by atoms with E-state index in [1.165, 1.54) is 6.92 Å². The number of carboxylic acid groups (broad SMARTS) is 1. The number of aliphatic carboxylic acids is 1. The zero-order valence-electron chi connectivity index (χ0n) is 12.7. The summed E-state index contributed by atoms with van der Waals surface area (Å²) in [5.74, 6) is -0.614. The molecule has 0 atom stereocenters. The van der Waals surface area contributed by atoms with E-state index in [2.05, 4.69) is 32.7 Å². The number of carboxylic acids is 1. The van der Waals surface area contributed by atoms with Gasteiger partial charge in [0.25, 0.3) is 0 Å². The third-order valence-electron chi connectivity index (χ3n) is 2.92. The van der Waals surface area contributed by atoms with Crippen LogP contribution in [0.3, 0.4) is 0 Å². The van der Waals surface area contributed by atoms with Crippen LogP contribution in [0.15, 0.2) is 23.2 Å². The van der Waals surface area contributed by atoms with Crippen LogP contribution in [0, 0.1) is 0 Å². The molecule has 0 aliphatic heterocycles. The summed E-state index contributed by atoms with van der Waals surface area (Å²) in [4.78, 5) is 15.1. The predicted octanol–water partition coefficient (Wildman–Crippen LogP) is -0.220. The Bertz CT molecular complexity index is 453. The Morgan fingerprint density at radius 2 is 1.53 bits per heavy atom. The van der Waals surface area contributed by atoms with Crippen LogP contribution in [0.5, 0.6) is 0 Å². The standard InChI is InChI=1S/C15H21NO2.Na/c1-9(2)12-7-6-8-13(10(3)4)14(12)16-11(5)15(17)18;/h6-10H,1-5H3,(H,17,18);/q;+1/p-1. The molecule has 0 aliphatic rings. The number of benzene rings is 1. The van der Waals surface area contributed by atoms with Gasteiger partial charge in [0, 0.05) is 0 Å². The van der Waals surface area contributed by atoms with Gasteiger partial charge in [-0.1, -0.05) is 45.9 Å². The molecule has 1 aromatic carbocycles. The summed E-state index contributed by atoms with van der Waals surface area (Å²) in [6.45, 7) is 9.77. The topological polar surface area (TPSA) is 52.5 Å². The molecule has 19 heavy (non-hydrogen) atoms. The SMILES string of the molecule is CC(=Nc1c(C(C)C)cccc1C(C)C)C(=O)[O-].[Na+]. The van der Waals surface area contributed by atoms with Crippen molar-refractivity contribution in [1.29, 1.82) is 0 Å². The van der Waals surface area contributed by atoms with Crippen molar-refractivity contribution >= 4 is 17.4 Å². The Morgan fingerprint density at radius 3 is 1.84 bits per heavy atom. The molecule has 0 fully saturated rings. The van der Waals surface area contributed by atoms with Crippen LogP contribution in [-0.2, 0) is 4.79 Å². The minimum Gasteiger partial charge on any atom is -0.543 e. The van der Waals surface area contributed by atoms with Crippen molar-refractivity contribution in [2.45, 2.75) is 46.5 Å². The van der Waals surface area contributed by atoms with Crippen LogP contribution in [0.1, 0.15) is 57.6 Å². The Hall–Kier alpha value is -0.640. The number of nitrogens with zero attached hydrogens (tertiary/aromatic N) is 1. The minimum atomic E-state index is -1.22. The Morgan fingerprint density at radius 1 is 1.11 bits per heavy atom.